The van der Waals surface area contributed by atoms with Crippen LogP contribution >= 0.6 is 0 Å². The van der Waals surface area contributed by atoms with Gasteiger partial charge in [-0.2, -0.15) is 0 Å². The fourth-order valence-electron chi connectivity index (χ4n) is 5.68. The molecule has 0 aliphatic carbocycles. The molecule has 6 rings (SSSR count). The van der Waals surface area contributed by atoms with E-state index in [0.29, 0.717) is 68.6 Å². The first kappa shape index (κ1) is 27.4. The van der Waals surface area contributed by atoms with Crippen molar-refractivity contribution in [3.63, 3.8) is 0 Å². The molecule has 1 N–H and O–H groups in total. The minimum Gasteiger partial charge on any atom is -0.494 e. The predicted molar refractivity (Wildman–Crippen MR) is 156 cm³/mol. The van der Waals surface area contributed by atoms with Crippen LogP contribution < -0.4 is 19.5 Å². The van der Waals surface area contributed by atoms with Crippen molar-refractivity contribution in [3.05, 3.63) is 95.6 Å². The van der Waals surface area contributed by atoms with E-state index in [1.807, 2.05) is 54.6 Å². The van der Waals surface area contributed by atoms with Crippen LogP contribution in [-0.4, -0.2) is 73.6 Å². The molecule has 3 aromatic rings. The fraction of sp³-hybridized carbons (Fsp3) is 0.303. The van der Waals surface area contributed by atoms with Crippen LogP contribution in [0.4, 0.5) is 0 Å². The van der Waals surface area contributed by atoms with E-state index in [4.69, 9.17) is 14.2 Å². The molecular weight excluding hydrogens is 534 g/mol. The summed E-state index contributed by atoms with van der Waals surface area (Å²) < 4.78 is 16.9. The van der Waals surface area contributed by atoms with Crippen LogP contribution in [-0.2, 0) is 9.59 Å². The van der Waals surface area contributed by atoms with Gasteiger partial charge in [0.15, 0.2) is 11.5 Å². The van der Waals surface area contributed by atoms with E-state index in [2.05, 4.69) is 5.32 Å². The standard InChI is InChI=1S/C33H33N3O6/c37-31(13-10-23-6-2-1-3-7-23)36-20-27-24-8-4-9-26(18-24)40-17-5-15-35(16-14-34-32(38)28(27)21-36)33(39)25-11-12-29-30(19-25)42-22-41-29/h1-4,6-13,18-19,27-28H,5,14-17,20-22H2,(H,34,38)/b13-10+/t27-,28+/m1/s1. The van der Waals surface area contributed by atoms with E-state index in [1.54, 1.807) is 40.2 Å². The average Bonchev–Trinajstić information content (AvgIpc) is 3.68. The lowest BCUT2D eigenvalue weighted by molar-refractivity contribution is -0.126. The lowest BCUT2D eigenvalue weighted by Gasteiger charge is -2.25. The van der Waals surface area contributed by atoms with E-state index in [1.165, 1.54) is 0 Å². The summed E-state index contributed by atoms with van der Waals surface area (Å²) in [6.07, 6.45) is 3.98. The van der Waals surface area contributed by atoms with Crippen LogP contribution in [0.25, 0.3) is 6.08 Å². The largest absolute Gasteiger partial charge is 0.494 e. The van der Waals surface area contributed by atoms with E-state index >= 15 is 0 Å². The van der Waals surface area contributed by atoms with E-state index in [-0.39, 0.29) is 30.4 Å². The number of carbonyl (C=O) groups excluding carboxylic acids is 3. The summed E-state index contributed by atoms with van der Waals surface area (Å²) in [7, 11) is 0. The molecule has 42 heavy (non-hydrogen) atoms. The summed E-state index contributed by atoms with van der Waals surface area (Å²) in [5, 5.41) is 3.05. The minimum atomic E-state index is -0.435. The highest BCUT2D eigenvalue weighted by Gasteiger charge is 2.40. The third-order valence-corrected chi connectivity index (χ3v) is 7.90. The number of nitrogens with zero attached hydrogens (tertiary/aromatic N) is 2. The number of nitrogens with one attached hydrogen (secondary N) is 1. The Labute approximate surface area is 244 Å². The van der Waals surface area contributed by atoms with Gasteiger partial charge in [0.05, 0.1) is 12.5 Å². The number of hydrogen-bond donors (Lipinski definition) is 1. The second-order valence-corrected chi connectivity index (χ2v) is 10.6. The molecule has 3 heterocycles. The number of benzene rings is 3. The highest BCUT2D eigenvalue weighted by atomic mass is 16.7. The van der Waals surface area contributed by atoms with E-state index in [9.17, 15) is 14.4 Å². The second kappa shape index (κ2) is 12.4. The van der Waals surface area contributed by atoms with Crippen molar-refractivity contribution in [2.24, 2.45) is 5.92 Å². The zero-order valence-corrected chi connectivity index (χ0v) is 23.2. The fourth-order valence-corrected chi connectivity index (χ4v) is 5.68. The Balaban J connectivity index is 1.19. The van der Waals surface area contributed by atoms with Crippen molar-refractivity contribution in [3.8, 4) is 17.2 Å². The van der Waals surface area contributed by atoms with Gasteiger partial charge in [-0.3, -0.25) is 14.4 Å². The molecular formula is C33H33N3O6. The van der Waals surface area contributed by atoms with Gasteiger partial charge in [-0.1, -0.05) is 42.5 Å². The topological polar surface area (TPSA) is 97.4 Å². The third kappa shape index (κ3) is 6.10. The third-order valence-electron chi connectivity index (χ3n) is 7.90. The number of hydrogen-bond acceptors (Lipinski definition) is 6. The molecule has 0 unspecified atom stereocenters. The lowest BCUT2D eigenvalue weighted by Crippen LogP contribution is -2.42. The van der Waals surface area contributed by atoms with Crippen molar-refractivity contribution in [2.45, 2.75) is 12.3 Å². The van der Waals surface area contributed by atoms with E-state index < -0.39 is 5.92 Å². The molecule has 3 aliphatic rings. The summed E-state index contributed by atoms with van der Waals surface area (Å²) in [5.74, 6) is 0.816. The minimum absolute atomic E-state index is 0.134. The van der Waals surface area contributed by atoms with Gasteiger partial charge >= 0.3 is 0 Å². The Morgan fingerprint density at radius 1 is 0.833 bits per heavy atom. The van der Waals surface area contributed by atoms with Crippen molar-refractivity contribution < 1.29 is 28.6 Å². The summed E-state index contributed by atoms with van der Waals surface area (Å²) in [6.45, 7) is 2.39. The number of amides is 3. The van der Waals surface area contributed by atoms with Crippen LogP contribution in [0, 0.1) is 5.92 Å². The zero-order valence-electron chi connectivity index (χ0n) is 23.2. The van der Waals surface area contributed by atoms with Gasteiger partial charge in [0.1, 0.15) is 5.75 Å². The maximum Gasteiger partial charge on any atom is 0.254 e. The van der Waals surface area contributed by atoms with Crippen molar-refractivity contribution in [1.29, 1.82) is 0 Å². The van der Waals surface area contributed by atoms with Crippen molar-refractivity contribution in [2.75, 3.05) is 46.1 Å². The van der Waals surface area contributed by atoms with Gasteiger partial charge in [0, 0.05) is 50.3 Å². The van der Waals surface area contributed by atoms with Gasteiger partial charge in [-0.15, -0.1) is 0 Å². The van der Waals surface area contributed by atoms with Gasteiger partial charge in [0.2, 0.25) is 18.6 Å². The summed E-state index contributed by atoms with van der Waals surface area (Å²) in [5.41, 5.74) is 2.40. The molecule has 1 saturated heterocycles. The van der Waals surface area contributed by atoms with Crippen molar-refractivity contribution >= 4 is 23.8 Å². The molecule has 9 heteroatoms. The Morgan fingerprint density at radius 2 is 1.67 bits per heavy atom. The maximum absolute atomic E-state index is 13.6. The molecule has 216 valence electrons. The Hall–Kier alpha value is -4.79. The van der Waals surface area contributed by atoms with Crippen LogP contribution in [0.15, 0.2) is 78.9 Å². The zero-order chi connectivity index (χ0) is 28.9. The first-order valence-corrected chi connectivity index (χ1v) is 14.3. The lowest BCUT2D eigenvalue weighted by atomic mass is 9.88. The molecule has 1 fully saturated rings. The van der Waals surface area contributed by atoms with Crippen LogP contribution in [0.2, 0.25) is 0 Å². The quantitative estimate of drug-likeness (QED) is 0.485. The molecule has 9 nitrogen and oxygen atoms in total. The molecule has 0 spiro atoms. The van der Waals surface area contributed by atoms with Crippen LogP contribution in [0.5, 0.6) is 17.2 Å². The monoisotopic (exact) mass is 567 g/mol. The number of fused-ring (bicyclic) bond motifs is 5. The first-order valence-electron chi connectivity index (χ1n) is 14.3. The molecule has 2 bridgehead atoms. The Kier molecular flexibility index (Phi) is 8.07. The molecule has 0 aromatic heterocycles. The molecule has 2 atom stereocenters. The molecule has 0 radical (unpaired) electrons. The van der Waals surface area contributed by atoms with E-state index in [0.717, 1.165) is 11.1 Å². The normalized spacial score (nSPS) is 20.4. The number of ether oxygens (including phenoxy) is 3. The van der Waals surface area contributed by atoms with Crippen molar-refractivity contribution in [1.82, 2.24) is 15.1 Å². The van der Waals surface area contributed by atoms with Gasteiger partial charge < -0.3 is 29.3 Å². The average molecular weight is 568 g/mol. The molecule has 3 aromatic carbocycles. The number of rotatable bonds is 3. The number of carbonyl (C=O) groups is 3. The highest BCUT2D eigenvalue weighted by Crippen LogP contribution is 2.35. The predicted octanol–water partition coefficient (Wildman–Crippen LogP) is 3.71. The summed E-state index contributed by atoms with van der Waals surface area (Å²) in [4.78, 5) is 43.6. The second-order valence-electron chi connectivity index (χ2n) is 10.6. The van der Waals surface area contributed by atoms with Crippen LogP contribution in [0.1, 0.15) is 33.8 Å². The Bertz CT molecular complexity index is 1490. The smallest absolute Gasteiger partial charge is 0.254 e. The first-order chi connectivity index (χ1) is 20.5. The molecule has 0 saturated carbocycles. The maximum atomic E-state index is 13.6. The molecule has 3 aliphatic heterocycles. The van der Waals surface area contributed by atoms with Crippen LogP contribution in [0.3, 0.4) is 0 Å². The number of likely N-dealkylation sites (tertiary alicyclic amines) is 1. The van der Waals surface area contributed by atoms with Gasteiger partial charge in [-0.25, -0.2) is 0 Å². The van der Waals surface area contributed by atoms with Gasteiger partial charge in [-0.05, 0) is 54.0 Å². The molecule has 3 amide bonds. The highest BCUT2D eigenvalue weighted by molar-refractivity contribution is 5.95. The summed E-state index contributed by atoms with van der Waals surface area (Å²) >= 11 is 0. The Morgan fingerprint density at radius 3 is 2.55 bits per heavy atom. The summed E-state index contributed by atoms with van der Waals surface area (Å²) in [6, 6.07) is 22.6. The SMILES string of the molecule is O=C1NCCN(C(=O)c2ccc3c(c2)OCO3)CCCOc2cccc(c2)[C@H]2CN(C(=O)/C=C/c3ccccc3)C[C@H]12. The van der Waals surface area contributed by atoms with Gasteiger partial charge in [0.25, 0.3) is 5.91 Å².